The van der Waals surface area contributed by atoms with E-state index in [1.807, 2.05) is 24.3 Å². The zero-order valence-electron chi connectivity index (χ0n) is 11.7. The third-order valence-corrected chi connectivity index (χ3v) is 3.96. The Kier molecular flexibility index (Phi) is 4.37. The number of halogens is 1. The second-order valence-corrected chi connectivity index (χ2v) is 5.99. The Morgan fingerprint density at radius 1 is 1.10 bits per heavy atom. The van der Waals surface area contributed by atoms with Crippen molar-refractivity contribution in [2.24, 2.45) is 0 Å². The molecule has 1 aliphatic rings. The first-order valence-electron chi connectivity index (χ1n) is 6.87. The average molecular weight is 397 g/mol. The van der Waals surface area contributed by atoms with E-state index >= 15 is 0 Å². The molecule has 0 bridgehead atoms. The Hall–Kier alpha value is -1.64. The van der Waals surface area contributed by atoms with Gasteiger partial charge in [0.15, 0.2) is 0 Å². The molecule has 1 saturated heterocycles. The fourth-order valence-corrected chi connectivity index (χ4v) is 2.53. The highest BCUT2D eigenvalue weighted by Crippen LogP contribution is 2.23. The zero-order chi connectivity index (χ0) is 14.7. The molecular weight excluding hydrogens is 381 g/mol. The molecule has 1 fully saturated rings. The SMILES string of the molecule is CNc1nc(Oc2ccc(I)cc2)nc(N2CCCC2)n1. The summed E-state index contributed by atoms with van der Waals surface area (Å²) in [5, 5.41) is 2.96. The summed E-state index contributed by atoms with van der Waals surface area (Å²) in [6.07, 6.45) is 2.35. The molecule has 110 valence electrons. The lowest BCUT2D eigenvalue weighted by molar-refractivity contribution is 0.440. The van der Waals surface area contributed by atoms with Crippen LogP contribution in [0.4, 0.5) is 11.9 Å². The van der Waals surface area contributed by atoms with Gasteiger partial charge >= 0.3 is 6.01 Å². The average Bonchev–Trinajstić information content (AvgIpc) is 3.04. The number of benzene rings is 1. The zero-order valence-corrected chi connectivity index (χ0v) is 13.9. The first-order valence-corrected chi connectivity index (χ1v) is 7.95. The van der Waals surface area contributed by atoms with Crippen molar-refractivity contribution in [3.63, 3.8) is 0 Å². The summed E-state index contributed by atoms with van der Waals surface area (Å²) in [7, 11) is 1.79. The molecule has 0 spiro atoms. The van der Waals surface area contributed by atoms with Gasteiger partial charge in [-0.25, -0.2) is 0 Å². The van der Waals surface area contributed by atoms with Crippen molar-refractivity contribution < 1.29 is 4.74 Å². The lowest BCUT2D eigenvalue weighted by atomic mass is 10.3. The maximum absolute atomic E-state index is 5.74. The maximum atomic E-state index is 5.74. The Bertz CT molecular complexity index is 613. The molecule has 0 saturated carbocycles. The highest BCUT2D eigenvalue weighted by Gasteiger charge is 2.17. The van der Waals surface area contributed by atoms with Gasteiger partial charge in [-0.1, -0.05) is 0 Å². The van der Waals surface area contributed by atoms with Gasteiger partial charge in [0.1, 0.15) is 5.75 Å². The van der Waals surface area contributed by atoms with Gasteiger partial charge in [0.05, 0.1) is 0 Å². The second kappa shape index (κ2) is 6.42. The lowest BCUT2D eigenvalue weighted by Crippen LogP contribution is -2.21. The van der Waals surface area contributed by atoms with Crippen LogP contribution in [0.3, 0.4) is 0 Å². The number of anilines is 2. The van der Waals surface area contributed by atoms with Gasteiger partial charge in [-0.05, 0) is 59.7 Å². The van der Waals surface area contributed by atoms with Crippen molar-refractivity contribution in [1.29, 1.82) is 0 Å². The van der Waals surface area contributed by atoms with Crippen LogP contribution >= 0.6 is 22.6 Å². The van der Waals surface area contributed by atoms with E-state index in [0.29, 0.717) is 17.9 Å². The molecule has 21 heavy (non-hydrogen) atoms. The van der Waals surface area contributed by atoms with Crippen LogP contribution in [0.15, 0.2) is 24.3 Å². The van der Waals surface area contributed by atoms with Gasteiger partial charge in [-0.2, -0.15) is 15.0 Å². The molecule has 1 aliphatic heterocycles. The highest BCUT2D eigenvalue weighted by atomic mass is 127. The molecule has 1 aromatic heterocycles. The van der Waals surface area contributed by atoms with Crippen molar-refractivity contribution in [2.45, 2.75) is 12.8 Å². The quantitative estimate of drug-likeness (QED) is 0.801. The summed E-state index contributed by atoms with van der Waals surface area (Å²) in [5.74, 6) is 1.91. The van der Waals surface area contributed by atoms with Crippen LogP contribution < -0.4 is 15.0 Å². The third-order valence-electron chi connectivity index (χ3n) is 3.24. The van der Waals surface area contributed by atoms with Gasteiger partial charge in [-0.3, -0.25) is 0 Å². The van der Waals surface area contributed by atoms with E-state index in [4.69, 9.17) is 4.74 Å². The Morgan fingerprint density at radius 3 is 2.48 bits per heavy atom. The molecule has 0 aliphatic carbocycles. The number of hydrogen-bond donors (Lipinski definition) is 1. The molecule has 0 radical (unpaired) electrons. The lowest BCUT2D eigenvalue weighted by Gasteiger charge is -2.16. The molecule has 0 amide bonds. The number of hydrogen-bond acceptors (Lipinski definition) is 6. The molecule has 1 N–H and O–H groups in total. The van der Waals surface area contributed by atoms with Gasteiger partial charge in [0, 0.05) is 23.7 Å². The van der Waals surface area contributed by atoms with Gasteiger partial charge in [0.2, 0.25) is 11.9 Å². The largest absolute Gasteiger partial charge is 0.424 e. The summed E-state index contributed by atoms with van der Waals surface area (Å²) in [6, 6.07) is 8.09. The monoisotopic (exact) mass is 397 g/mol. The van der Waals surface area contributed by atoms with Gasteiger partial charge in [0.25, 0.3) is 0 Å². The molecular formula is C14H16IN5O. The van der Waals surface area contributed by atoms with Crippen molar-refractivity contribution in [1.82, 2.24) is 15.0 Å². The maximum Gasteiger partial charge on any atom is 0.328 e. The first-order chi connectivity index (χ1) is 10.2. The minimum atomic E-state index is 0.317. The number of nitrogens with one attached hydrogen (secondary N) is 1. The van der Waals surface area contributed by atoms with Crippen LogP contribution in [0.5, 0.6) is 11.8 Å². The summed E-state index contributed by atoms with van der Waals surface area (Å²) in [4.78, 5) is 15.2. The summed E-state index contributed by atoms with van der Waals surface area (Å²) in [5.41, 5.74) is 0. The molecule has 0 unspecified atom stereocenters. The molecule has 2 aromatic rings. The van der Waals surface area contributed by atoms with Crippen molar-refractivity contribution >= 4 is 34.5 Å². The smallest absolute Gasteiger partial charge is 0.328 e. The standard InChI is InChI=1S/C14H16IN5O/c1-16-12-17-13(20-8-2-3-9-20)19-14(18-12)21-11-6-4-10(15)5-7-11/h4-7H,2-3,8-9H2,1H3,(H,16,17,18,19). The van der Waals surface area contributed by atoms with Crippen LogP contribution in [0.25, 0.3) is 0 Å². The number of rotatable bonds is 4. The first kappa shape index (κ1) is 14.3. The summed E-state index contributed by atoms with van der Waals surface area (Å²) < 4.78 is 6.90. The fraction of sp³-hybridized carbons (Fsp3) is 0.357. The van der Waals surface area contributed by atoms with E-state index in [1.165, 1.54) is 12.8 Å². The van der Waals surface area contributed by atoms with Gasteiger partial charge in [-0.15, -0.1) is 0 Å². The molecule has 2 heterocycles. The number of ether oxygens (including phenoxy) is 1. The fourth-order valence-electron chi connectivity index (χ4n) is 2.17. The summed E-state index contributed by atoms with van der Waals surface area (Å²) >= 11 is 2.26. The molecule has 7 heteroatoms. The van der Waals surface area contributed by atoms with Crippen LogP contribution in [-0.4, -0.2) is 35.1 Å². The van der Waals surface area contributed by atoms with Crippen LogP contribution in [0.1, 0.15) is 12.8 Å². The third kappa shape index (κ3) is 3.52. The van der Waals surface area contributed by atoms with E-state index < -0.39 is 0 Å². The summed E-state index contributed by atoms with van der Waals surface area (Å²) in [6.45, 7) is 1.96. The molecule has 0 atom stereocenters. The van der Waals surface area contributed by atoms with Crippen LogP contribution in [0.2, 0.25) is 0 Å². The Labute approximate surface area is 137 Å². The van der Waals surface area contributed by atoms with E-state index in [2.05, 4.69) is 47.8 Å². The van der Waals surface area contributed by atoms with Crippen molar-refractivity contribution in [3.8, 4) is 11.8 Å². The predicted octanol–water partition coefficient (Wildman–Crippen LogP) is 2.91. The van der Waals surface area contributed by atoms with Crippen LogP contribution in [-0.2, 0) is 0 Å². The van der Waals surface area contributed by atoms with Crippen molar-refractivity contribution in [2.75, 3.05) is 30.4 Å². The van der Waals surface area contributed by atoms with Crippen LogP contribution in [0, 0.1) is 3.57 Å². The van der Waals surface area contributed by atoms with Gasteiger partial charge < -0.3 is 15.0 Å². The normalized spacial score (nSPS) is 14.3. The number of nitrogens with zero attached hydrogens (tertiary/aromatic N) is 4. The Morgan fingerprint density at radius 2 is 1.81 bits per heavy atom. The predicted molar refractivity (Wildman–Crippen MR) is 90.1 cm³/mol. The van der Waals surface area contributed by atoms with E-state index in [9.17, 15) is 0 Å². The Balaban J connectivity index is 1.86. The second-order valence-electron chi connectivity index (χ2n) is 4.74. The van der Waals surface area contributed by atoms with E-state index in [-0.39, 0.29) is 0 Å². The van der Waals surface area contributed by atoms with Crippen molar-refractivity contribution in [3.05, 3.63) is 27.8 Å². The molecule has 3 rings (SSSR count). The molecule has 1 aromatic carbocycles. The topological polar surface area (TPSA) is 63.2 Å². The number of aromatic nitrogens is 3. The van der Waals surface area contributed by atoms with E-state index in [0.717, 1.165) is 22.4 Å². The highest BCUT2D eigenvalue weighted by molar-refractivity contribution is 14.1. The van der Waals surface area contributed by atoms with E-state index in [1.54, 1.807) is 7.05 Å². The minimum Gasteiger partial charge on any atom is -0.424 e. The molecule has 6 nitrogen and oxygen atoms in total. The minimum absolute atomic E-state index is 0.317.